The first-order valence-corrected chi connectivity index (χ1v) is 9.49. The van der Waals surface area contributed by atoms with E-state index in [0.29, 0.717) is 17.2 Å². The summed E-state index contributed by atoms with van der Waals surface area (Å²) in [5.74, 6) is 0.700. The second kappa shape index (κ2) is 6.22. The van der Waals surface area contributed by atoms with Crippen LogP contribution in [0.15, 0.2) is 18.3 Å². The third-order valence-electron chi connectivity index (χ3n) is 4.70. The highest BCUT2D eigenvalue weighted by Crippen LogP contribution is 2.35. The van der Waals surface area contributed by atoms with Gasteiger partial charge < -0.3 is 15.0 Å². The van der Waals surface area contributed by atoms with E-state index in [-0.39, 0.29) is 5.91 Å². The van der Waals surface area contributed by atoms with Crippen LogP contribution in [0.1, 0.15) is 22.5 Å². The zero-order chi connectivity index (χ0) is 15.8. The molecule has 5 nitrogen and oxygen atoms in total. The SMILES string of the molecule is COc1ncc(-c2ccc(C(=O)N[C@H]3CN4CCC3CC4)s2)s1. The van der Waals surface area contributed by atoms with Crippen molar-refractivity contribution in [3.8, 4) is 14.9 Å². The van der Waals surface area contributed by atoms with Gasteiger partial charge in [0.15, 0.2) is 0 Å². The average molecular weight is 349 g/mol. The Balaban J connectivity index is 1.45. The lowest BCUT2D eigenvalue weighted by molar-refractivity contribution is 0.0622. The second-order valence-corrected chi connectivity index (χ2v) is 8.15. The predicted molar refractivity (Wildman–Crippen MR) is 92.4 cm³/mol. The van der Waals surface area contributed by atoms with Crippen molar-refractivity contribution in [3.05, 3.63) is 23.2 Å². The van der Waals surface area contributed by atoms with Gasteiger partial charge in [0.1, 0.15) is 0 Å². The van der Waals surface area contributed by atoms with E-state index < -0.39 is 0 Å². The van der Waals surface area contributed by atoms with Gasteiger partial charge in [-0.15, -0.1) is 11.3 Å². The fourth-order valence-electron chi connectivity index (χ4n) is 3.43. The Morgan fingerprint density at radius 2 is 2.13 bits per heavy atom. The Kier molecular flexibility index (Phi) is 4.09. The second-order valence-electron chi connectivity index (χ2n) is 6.08. The minimum absolute atomic E-state index is 0.0523. The Labute approximate surface area is 143 Å². The Morgan fingerprint density at radius 1 is 1.30 bits per heavy atom. The zero-order valence-electron chi connectivity index (χ0n) is 12.9. The molecule has 3 aliphatic rings. The Morgan fingerprint density at radius 3 is 2.78 bits per heavy atom. The van der Waals surface area contributed by atoms with Gasteiger partial charge in [0.2, 0.25) is 0 Å². The van der Waals surface area contributed by atoms with Crippen LogP contribution in [0.2, 0.25) is 0 Å². The van der Waals surface area contributed by atoms with Gasteiger partial charge in [-0.05, 0) is 44.0 Å². The smallest absolute Gasteiger partial charge is 0.273 e. The lowest BCUT2D eigenvalue weighted by Crippen LogP contribution is -2.57. The van der Waals surface area contributed by atoms with Crippen LogP contribution in [0.3, 0.4) is 0 Å². The average Bonchev–Trinajstić information content (AvgIpc) is 3.25. The molecule has 0 saturated carbocycles. The third-order valence-corrected chi connectivity index (χ3v) is 6.94. The summed E-state index contributed by atoms with van der Waals surface area (Å²) in [6.45, 7) is 3.38. The van der Waals surface area contributed by atoms with Crippen LogP contribution in [-0.2, 0) is 0 Å². The molecule has 23 heavy (non-hydrogen) atoms. The number of piperidine rings is 3. The van der Waals surface area contributed by atoms with Crippen molar-refractivity contribution >= 4 is 28.6 Å². The van der Waals surface area contributed by atoms with Gasteiger partial charge in [0, 0.05) is 17.5 Å². The number of ether oxygens (including phenoxy) is 1. The van der Waals surface area contributed by atoms with E-state index >= 15 is 0 Å². The first-order chi connectivity index (χ1) is 11.2. The van der Waals surface area contributed by atoms with Crippen LogP contribution < -0.4 is 10.1 Å². The van der Waals surface area contributed by atoms with Gasteiger partial charge in [-0.2, -0.15) is 0 Å². The summed E-state index contributed by atoms with van der Waals surface area (Å²) in [6, 6.07) is 4.20. The van der Waals surface area contributed by atoms with E-state index in [2.05, 4.69) is 15.2 Å². The van der Waals surface area contributed by atoms with E-state index in [1.807, 2.05) is 12.1 Å². The van der Waals surface area contributed by atoms with Gasteiger partial charge >= 0.3 is 0 Å². The van der Waals surface area contributed by atoms with E-state index in [4.69, 9.17) is 4.74 Å². The fourth-order valence-corrected chi connectivity index (χ4v) is 5.14. The standard InChI is InChI=1S/C16H19N3O2S2/c1-21-16-17-8-14(23-16)12-2-3-13(22-12)15(20)18-11-9-19-6-4-10(11)5-7-19/h2-3,8,10-11H,4-7,9H2,1H3,(H,18,20)/t11-/m0/s1. The minimum Gasteiger partial charge on any atom is -0.473 e. The van der Waals surface area contributed by atoms with E-state index in [9.17, 15) is 4.79 Å². The Hall–Kier alpha value is -1.44. The molecule has 0 unspecified atom stereocenters. The maximum atomic E-state index is 12.5. The van der Waals surface area contributed by atoms with Crippen molar-refractivity contribution < 1.29 is 9.53 Å². The number of carbonyl (C=O) groups is 1. The quantitative estimate of drug-likeness (QED) is 0.922. The fraction of sp³-hybridized carbons (Fsp3) is 0.500. The molecule has 7 heteroatoms. The van der Waals surface area contributed by atoms with E-state index in [1.54, 1.807) is 13.3 Å². The number of aromatic nitrogens is 1. The summed E-state index contributed by atoms with van der Waals surface area (Å²) >= 11 is 3.01. The number of nitrogens with one attached hydrogen (secondary N) is 1. The number of methoxy groups -OCH3 is 1. The molecule has 5 rings (SSSR count). The number of fused-ring (bicyclic) bond motifs is 3. The molecule has 0 radical (unpaired) electrons. The molecule has 0 aliphatic carbocycles. The molecule has 122 valence electrons. The van der Waals surface area contributed by atoms with E-state index in [1.165, 1.54) is 48.6 Å². The molecule has 2 bridgehead atoms. The number of thiophene rings is 1. The van der Waals surface area contributed by atoms with Crippen molar-refractivity contribution in [2.24, 2.45) is 5.92 Å². The molecule has 2 aromatic heterocycles. The number of hydrogen-bond donors (Lipinski definition) is 1. The summed E-state index contributed by atoms with van der Waals surface area (Å²) in [4.78, 5) is 22.0. The van der Waals surface area contributed by atoms with Crippen LogP contribution in [0.4, 0.5) is 0 Å². The zero-order valence-corrected chi connectivity index (χ0v) is 14.6. The molecule has 1 atom stereocenters. The van der Waals surface area contributed by atoms with Gasteiger partial charge in [-0.25, -0.2) is 4.98 Å². The van der Waals surface area contributed by atoms with Crippen LogP contribution >= 0.6 is 22.7 Å². The maximum absolute atomic E-state index is 12.5. The van der Waals surface area contributed by atoms with Crippen LogP contribution in [0.5, 0.6) is 5.19 Å². The first kappa shape index (κ1) is 15.1. The predicted octanol–water partition coefficient (Wildman–Crippen LogP) is 2.70. The molecule has 3 saturated heterocycles. The molecule has 3 fully saturated rings. The highest BCUT2D eigenvalue weighted by molar-refractivity contribution is 7.23. The van der Waals surface area contributed by atoms with Crippen molar-refractivity contribution in [1.82, 2.24) is 15.2 Å². The van der Waals surface area contributed by atoms with Gasteiger partial charge in [0.25, 0.3) is 11.1 Å². The number of rotatable bonds is 4. The number of amides is 1. The number of carbonyl (C=O) groups excluding carboxylic acids is 1. The normalized spacial score (nSPS) is 26.2. The van der Waals surface area contributed by atoms with Crippen molar-refractivity contribution in [2.75, 3.05) is 26.7 Å². The number of hydrogen-bond acceptors (Lipinski definition) is 6. The van der Waals surface area contributed by atoms with E-state index in [0.717, 1.165) is 21.2 Å². The molecule has 1 amide bonds. The summed E-state index contributed by atoms with van der Waals surface area (Å²) in [5.41, 5.74) is 0. The van der Waals surface area contributed by atoms with Gasteiger partial charge in [-0.3, -0.25) is 4.79 Å². The monoisotopic (exact) mass is 349 g/mol. The number of nitrogens with zero attached hydrogens (tertiary/aromatic N) is 2. The van der Waals surface area contributed by atoms with Gasteiger partial charge in [0.05, 0.1) is 23.1 Å². The summed E-state index contributed by atoms with van der Waals surface area (Å²) in [6.07, 6.45) is 4.22. The molecule has 2 aromatic rings. The summed E-state index contributed by atoms with van der Waals surface area (Å²) in [7, 11) is 1.61. The van der Waals surface area contributed by atoms with Crippen LogP contribution in [-0.4, -0.2) is 48.6 Å². The highest BCUT2D eigenvalue weighted by atomic mass is 32.1. The lowest BCUT2D eigenvalue weighted by Gasteiger charge is -2.44. The molecule has 3 aliphatic heterocycles. The molecule has 0 spiro atoms. The molecular weight excluding hydrogens is 330 g/mol. The molecular formula is C16H19N3O2S2. The maximum Gasteiger partial charge on any atom is 0.273 e. The van der Waals surface area contributed by atoms with Crippen molar-refractivity contribution in [1.29, 1.82) is 0 Å². The number of thiazole rings is 1. The van der Waals surface area contributed by atoms with Crippen LogP contribution in [0, 0.1) is 5.92 Å². The largest absolute Gasteiger partial charge is 0.473 e. The van der Waals surface area contributed by atoms with Crippen molar-refractivity contribution in [2.45, 2.75) is 18.9 Å². The Bertz CT molecular complexity index is 704. The van der Waals surface area contributed by atoms with Crippen LogP contribution in [0.25, 0.3) is 9.75 Å². The van der Waals surface area contributed by atoms with Crippen molar-refractivity contribution in [3.63, 3.8) is 0 Å². The minimum atomic E-state index is 0.0523. The summed E-state index contributed by atoms with van der Waals surface area (Å²) in [5, 5.41) is 3.89. The molecule has 0 aromatic carbocycles. The third kappa shape index (κ3) is 3.00. The van der Waals surface area contributed by atoms with Gasteiger partial charge in [-0.1, -0.05) is 11.3 Å². The first-order valence-electron chi connectivity index (χ1n) is 7.86. The molecule has 1 N–H and O–H groups in total. The topological polar surface area (TPSA) is 54.5 Å². The lowest BCUT2D eigenvalue weighted by atomic mass is 9.84. The summed E-state index contributed by atoms with van der Waals surface area (Å²) < 4.78 is 5.13. The highest BCUT2D eigenvalue weighted by Gasteiger charge is 2.35. The molecule has 5 heterocycles.